The number of hydrogen-bond donors (Lipinski definition) is 3. The van der Waals surface area contributed by atoms with Crippen LogP contribution in [-0.2, 0) is 24.0 Å². The van der Waals surface area contributed by atoms with Gasteiger partial charge in [0.25, 0.3) is 0 Å². The Hall–Kier alpha value is -2.98. The molecule has 6 atom stereocenters. The number of nitrogens with one attached hydrogen (secondary N) is 3. The van der Waals surface area contributed by atoms with Crippen molar-refractivity contribution in [2.24, 2.45) is 34.0 Å². The van der Waals surface area contributed by atoms with Gasteiger partial charge in [0.15, 0.2) is 5.78 Å². The summed E-state index contributed by atoms with van der Waals surface area (Å²) in [7, 11) is 1.67. The van der Waals surface area contributed by atoms with Gasteiger partial charge in [0.05, 0.1) is 12.1 Å². The van der Waals surface area contributed by atoms with E-state index >= 15 is 0 Å². The molecule has 0 spiro atoms. The van der Waals surface area contributed by atoms with Crippen LogP contribution in [0.25, 0.3) is 0 Å². The fourth-order valence-electron chi connectivity index (χ4n) is 6.69. The molecule has 0 radical (unpaired) electrons. The highest BCUT2D eigenvalue weighted by atomic mass is 16.2. The number of rotatable bonds is 11. The molecule has 3 fully saturated rings. The molecule has 0 bridgehead atoms. The van der Waals surface area contributed by atoms with Gasteiger partial charge in [-0.2, -0.15) is 0 Å². The van der Waals surface area contributed by atoms with Gasteiger partial charge in [-0.25, -0.2) is 4.79 Å². The lowest BCUT2D eigenvalue weighted by Gasteiger charge is -2.39. The first kappa shape index (κ1) is 35.5. The molecule has 11 heteroatoms. The number of piperidine rings is 1. The molecule has 3 N–H and O–H groups in total. The zero-order valence-electron chi connectivity index (χ0n) is 28.6. The van der Waals surface area contributed by atoms with Gasteiger partial charge in [-0.05, 0) is 40.4 Å². The van der Waals surface area contributed by atoms with Crippen LogP contribution in [0.4, 0.5) is 4.79 Å². The zero-order valence-corrected chi connectivity index (χ0v) is 28.6. The first-order valence-electron chi connectivity index (χ1n) is 16.0. The van der Waals surface area contributed by atoms with E-state index < -0.39 is 53.1 Å². The van der Waals surface area contributed by atoms with Crippen LogP contribution in [0.5, 0.6) is 0 Å². The van der Waals surface area contributed by atoms with Gasteiger partial charge in [-0.1, -0.05) is 74.7 Å². The van der Waals surface area contributed by atoms with Crippen molar-refractivity contribution in [1.29, 1.82) is 0 Å². The maximum absolute atomic E-state index is 14.3. The maximum Gasteiger partial charge on any atom is 0.315 e. The molecule has 248 valence electrons. The lowest BCUT2D eigenvalue weighted by molar-refractivity contribution is -0.145. The number of hydrogen-bond acceptors (Lipinski definition) is 6. The lowest BCUT2D eigenvalue weighted by atomic mass is 9.79. The number of carbonyl (C=O) groups excluding carboxylic acids is 6. The van der Waals surface area contributed by atoms with Crippen molar-refractivity contribution in [2.75, 3.05) is 20.1 Å². The van der Waals surface area contributed by atoms with Crippen LogP contribution < -0.4 is 16.0 Å². The molecular weight excluding hydrogens is 562 g/mol. The van der Waals surface area contributed by atoms with Crippen LogP contribution in [0, 0.1) is 34.0 Å². The van der Waals surface area contributed by atoms with Crippen LogP contribution in [0.3, 0.4) is 0 Å². The smallest absolute Gasteiger partial charge is 0.315 e. The van der Waals surface area contributed by atoms with Gasteiger partial charge in [0, 0.05) is 34.0 Å². The van der Waals surface area contributed by atoms with E-state index in [-0.39, 0.29) is 40.4 Å². The second kappa shape index (κ2) is 12.8. The van der Waals surface area contributed by atoms with Crippen LogP contribution in [-0.4, -0.2) is 89.4 Å². The minimum atomic E-state index is -0.950. The standard InChI is InChI=1S/C33H55N5O6/c1-18(39)26(41)22(15-20-13-12-14-20)34-28(42)25-24-21(33(24,9)10)16-38(25)29(43)27(32(6,7)8)36-30(44)35-23(31(3,4)5)17-37(11)19(2)40/h20-25,27H,12-17H2,1-11H3,(H,34,42)(H2,35,36,44)/t21-,22?,23+,24-,25-,27+/m0/s1. The van der Waals surface area contributed by atoms with Gasteiger partial charge < -0.3 is 25.8 Å². The molecule has 2 saturated carbocycles. The highest BCUT2D eigenvalue weighted by Gasteiger charge is 2.70. The summed E-state index contributed by atoms with van der Waals surface area (Å²) >= 11 is 0. The molecule has 3 aliphatic rings. The summed E-state index contributed by atoms with van der Waals surface area (Å²) in [5.74, 6) is -1.81. The van der Waals surface area contributed by atoms with Crippen molar-refractivity contribution >= 4 is 35.3 Å². The molecule has 0 aromatic heterocycles. The first-order chi connectivity index (χ1) is 20.1. The summed E-state index contributed by atoms with van der Waals surface area (Å²) in [6.07, 6.45) is 3.42. The van der Waals surface area contributed by atoms with Crippen molar-refractivity contribution in [1.82, 2.24) is 25.8 Å². The number of urea groups is 1. The highest BCUT2D eigenvalue weighted by Crippen LogP contribution is 2.65. The Morgan fingerprint density at radius 2 is 1.50 bits per heavy atom. The third kappa shape index (κ3) is 7.80. The second-order valence-electron chi connectivity index (χ2n) is 16.1. The lowest BCUT2D eigenvalue weighted by Crippen LogP contribution is -2.62. The number of carbonyl (C=O) groups is 6. The summed E-state index contributed by atoms with van der Waals surface area (Å²) in [5, 5.41) is 8.73. The molecule has 0 aromatic rings. The molecule has 1 heterocycles. The normalized spacial score (nSPS) is 24.6. The summed E-state index contributed by atoms with van der Waals surface area (Å²) in [6, 6.07) is -3.60. The van der Waals surface area contributed by atoms with E-state index in [0.717, 1.165) is 19.3 Å². The van der Waals surface area contributed by atoms with Gasteiger partial charge in [-0.3, -0.25) is 24.0 Å². The van der Waals surface area contributed by atoms with E-state index in [9.17, 15) is 28.8 Å². The van der Waals surface area contributed by atoms with E-state index in [0.29, 0.717) is 19.5 Å². The Kier molecular flexibility index (Phi) is 10.3. The average molecular weight is 618 g/mol. The Morgan fingerprint density at radius 3 is 1.95 bits per heavy atom. The van der Waals surface area contributed by atoms with E-state index in [1.165, 1.54) is 13.8 Å². The van der Waals surface area contributed by atoms with Crippen LogP contribution in [0.1, 0.15) is 94.9 Å². The Labute approximate surface area is 263 Å². The minimum absolute atomic E-state index is 0.0925. The number of Topliss-reactive ketones (excluding diaryl/α,β-unsaturated/α-hetero) is 2. The zero-order chi connectivity index (χ0) is 33.5. The van der Waals surface area contributed by atoms with Gasteiger partial charge in [0.2, 0.25) is 23.5 Å². The van der Waals surface area contributed by atoms with Crippen LogP contribution in [0.2, 0.25) is 0 Å². The fourth-order valence-corrected chi connectivity index (χ4v) is 6.69. The predicted octanol–water partition coefficient (Wildman–Crippen LogP) is 2.91. The number of nitrogens with zero attached hydrogens (tertiary/aromatic N) is 2. The SMILES string of the molecule is CC(=O)C(=O)C(CC1CCC1)NC(=O)[C@@H]1[C@@H]2[C@H](CN1C(=O)[C@@H](NC(=O)N[C@H](CN(C)C(C)=O)C(C)(C)C)C(C)(C)C)C2(C)C. The summed E-state index contributed by atoms with van der Waals surface area (Å²) < 4.78 is 0. The van der Waals surface area contributed by atoms with Gasteiger partial charge in [0.1, 0.15) is 12.1 Å². The molecule has 2 aliphatic carbocycles. The van der Waals surface area contributed by atoms with Crippen LogP contribution >= 0.6 is 0 Å². The third-order valence-corrected chi connectivity index (χ3v) is 10.3. The molecule has 44 heavy (non-hydrogen) atoms. The second-order valence-corrected chi connectivity index (χ2v) is 16.1. The van der Waals surface area contributed by atoms with Crippen LogP contribution in [0.15, 0.2) is 0 Å². The average Bonchev–Trinajstić information content (AvgIpc) is 3.19. The summed E-state index contributed by atoms with van der Waals surface area (Å²) in [5.41, 5.74) is -1.22. The quantitative estimate of drug-likeness (QED) is 0.304. The first-order valence-corrected chi connectivity index (χ1v) is 16.0. The Morgan fingerprint density at radius 1 is 0.909 bits per heavy atom. The topological polar surface area (TPSA) is 145 Å². The Balaban J connectivity index is 1.82. The summed E-state index contributed by atoms with van der Waals surface area (Å²) in [6.45, 7) is 19.0. The largest absolute Gasteiger partial charge is 0.344 e. The van der Waals surface area contributed by atoms with E-state index in [1.807, 2.05) is 41.5 Å². The van der Waals surface area contributed by atoms with Crippen molar-refractivity contribution in [3.05, 3.63) is 0 Å². The number of likely N-dealkylation sites (N-methyl/N-ethyl adjacent to an activating group) is 1. The van der Waals surface area contributed by atoms with E-state index in [2.05, 4.69) is 29.8 Å². The van der Waals surface area contributed by atoms with Crippen molar-refractivity contribution in [3.63, 3.8) is 0 Å². The van der Waals surface area contributed by atoms with Gasteiger partial charge >= 0.3 is 6.03 Å². The molecule has 3 rings (SSSR count). The molecule has 1 saturated heterocycles. The van der Waals surface area contributed by atoms with Crippen molar-refractivity contribution in [2.45, 2.75) is 119 Å². The monoisotopic (exact) mass is 617 g/mol. The predicted molar refractivity (Wildman–Crippen MR) is 167 cm³/mol. The highest BCUT2D eigenvalue weighted by molar-refractivity contribution is 6.38. The number of ketones is 2. The molecular formula is C33H55N5O6. The Bertz CT molecular complexity index is 1160. The molecule has 1 unspecified atom stereocenters. The molecule has 0 aromatic carbocycles. The third-order valence-electron chi connectivity index (χ3n) is 10.3. The minimum Gasteiger partial charge on any atom is -0.344 e. The van der Waals surface area contributed by atoms with Crippen molar-refractivity contribution in [3.8, 4) is 0 Å². The van der Waals surface area contributed by atoms with Crippen molar-refractivity contribution < 1.29 is 28.8 Å². The number of fused-ring (bicyclic) bond motifs is 1. The van der Waals surface area contributed by atoms with E-state index in [1.54, 1.807) is 16.8 Å². The molecule has 5 amide bonds. The molecule has 11 nitrogen and oxygen atoms in total. The summed E-state index contributed by atoms with van der Waals surface area (Å²) in [4.78, 5) is 81.4. The maximum atomic E-state index is 14.3. The number of likely N-dealkylation sites (tertiary alicyclic amines) is 1. The molecule has 1 aliphatic heterocycles. The van der Waals surface area contributed by atoms with Gasteiger partial charge in [-0.15, -0.1) is 0 Å². The fraction of sp³-hybridized carbons (Fsp3) is 0.818. The van der Waals surface area contributed by atoms with E-state index in [4.69, 9.17) is 0 Å². The number of amides is 5.